The second kappa shape index (κ2) is 45.4. The van der Waals surface area contributed by atoms with Gasteiger partial charge >= 0.3 is 30.1 Å². The van der Waals surface area contributed by atoms with Gasteiger partial charge in [0.1, 0.15) is 51.4 Å². The number of ketones is 1. The lowest BCUT2D eigenvalue weighted by Crippen LogP contribution is -2.25. The summed E-state index contributed by atoms with van der Waals surface area (Å²) >= 11 is 0. The molecular formula is C95H94F8N4O13. The van der Waals surface area contributed by atoms with Crippen molar-refractivity contribution in [3.05, 3.63) is 269 Å². The van der Waals surface area contributed by atoms with E-state index in [1.807, 2.05) is 86.6 Å². The SMILES string of the molecule is C=CC(=O)OCCCCCCOc1ccc2cc(CCC(=O)Cc3ccc(C(F)(F)Oc4ccc(OCCCCC)cc4/C=N/N=C/c4ccc5cc(/C=N/N=C/c6cc(OCCCCC)ccc6OC(F)(F)c6ccc(OC(=O)CCc7ccc8cc(OCCCCCCOC(=O)C=C)ccc8c7)c(F)c6F)ccc5c4)c(F)c3F)ccc2c1. The van der Waals surface area contributed by atoms with Gasteiger partial charge in [0.05, 0.1) is 64.5 Å². The molecule has 10 rings (SSSR count). The van der Waals surface area contributed by atoms with Gasteiger partial charge < -0.3 is 42.6 Å². The van der Waals surface area contributed by atoms with Crippen LogP contribution < -0.4 is 33.2 Å². The second-order valence-electron chi connectivity index (χ2n) is 28.4. The standard InChI is InChI=1S/C95H94F8N4O13/c1-5-9-15-45-112-80-37-41-84(119-94(100,101)82-39-33-74(90(96)91(82)97)55-77(108)34-25-64-21-27-72-56-78(35-31-70(72)51-64)114-47-17-11-13-19-49-116-87(109)7-3)75(58-80)62-106-104-60-66-23-29-69-54-67(24-30-68(69)53-66)61-105-107-63-76-59-81(113-46-16-10-6-2)38-42-85(76)120-95(102,103)83-40-43-86(93(99)92(83)98)118-89(111)44-26-65-22-28-73-57-79(36-32-71(73)52-65)115-48-18-12-14-20-50-117-88(110)8-4/h7-8,21-24,27-33,35-43,51-54,56-63H,3-6,9-20,25-26,34,44-50,55H2,1-2H3/b104-60+,105-61+,106-62+,107-63+. The van der Waals surface area contributed by atoms with Crippen molar-refractivity contribution < 1.29 is 96.9 Å². The van der Waals surface area contributed by atoms with Crippen molar-refractivity contribution in [1.82, 2.24) is 0 Å². The Kier molecular flexibility index (Phi) is 34.0. The number of benzene rings is 10. The van der Waals surface area contributed by atoms with Crippen LogP contribution in [0.1, 0.15) is 167 Å². The normalized spacial score (nSPS) is 11.8. The fraction of sp³-hybridized carbons (Fsp3) is 0.305. The monoisotopic (exact) mass is 1650 g/mol. The first-order valence-corrected chi connectivity index (χ1v) is 40.0. The smallest absolute Gasteiger partial charge is 0.429 e. The van der Waals surface area contributed by atoms with Gasteiger partial charge in [0.25, 0.3) is 0 Å². The summed E-state index contributed by atoms with van der Waals surface area (Å²) in [5.41, 5.74) is -0.614. The second-order valence-corrected chi connectivity index (χ2v) is 28.4. The number of carbonyl (C=O) groups excluding carboxylic acids is 4. The Hall–Kier alpha value is -12.5. The molecule has 0 N–H and O–H groups in total. The number of Topliss-reactive ketones (excluding diaryl/α,β-unsaturated/α-hetero) is 1. The number of halogens is 8. The van der Waals surface area contributed by atoms with E-state index >= 15 is 35.1 Å². The molecule has 0 aliphatic carbocycles. The molecule has 0 amide bonds. The van der Waals surface area contributed by atoms with Crippen LogP contribution in [0, 0.1) is 23.3 Å². The van der Waals surface area contributed by atoms with Crippen molar-refractivity contribution in [3.8, 4) is 40.2 Å². The first kappa shape index (κ1) is 89.8. The Bertz CT molecular complexity index is 5020. The number of fused-ring (bicyclic) bond motifs is 3. The third-order valence-electron chi connectivity index (χ3n) is 19.2. The van der Waals surface area contributed by atoms with E-state index in [9.17, 15) is 19.2 Å². The molecule has 17 nitrogen and oxygen atoms in total. The Balaban J connectivity index is 0.726. The van der Waals surface area contributed by atoms with E-state index in [2.05, 4.69) is 33.6 Å². The van der Waals surface area contributed by atoms with Crippen LogP contribution in [0.4, 0.5) is 35.1 Å². The Morgan fingerprint density at radius 2 is 0.750 bits per heavy atom. The van der Waals surface area contributed by atoms with Crippen LogP contribution in [-0.2, 0) is 60.1 Å². The topological polar surface area (TPSA) is 201 Å². The lowest BCUT2D eigenvalue weighted by molar-refractivity contribution is -0.188. The minimum atomic E-state index is -4.48. The number of unbranched alkanes of at least 4 members (excludes halogenated alkanes) is 10. The molecule has 0 bridgehead atoms. The van der Waals surface area contributed by atoms with E-state index in [0.717, 1.165) is 164 Å². The van der Waals surface area contributed by atoms with Crippen LogP contribution in [0.5, 0.6) is 40.2 Å². The average Bonchev–Trinajstić information content (AvgIpc) is 0.787. The number of hydrogen-bond donors (Lipinski definition) is 0. The summed E-state index contributed by atoms with van der Waals surface area (Å²) in [5.74, 6) is -9.46. The van der Waals surface area contributed by atoms with Crippen LogP contribution in [-0.4, -0.2) is 88.2 Å². The fourth-order valence-corrected chi connectivity index (χ4v) is 12.7. The first-order chi connectivity index (χ1) is 58.1. The summed E-state index contributed by atoms with van der Waals surface area (Å²) < 4.78 is 176. The zero-order valence-electron chi connectivity index (χ0n) is 66.8. The lowest BCUT2D eigenvalue weighted by atomic mass is 9.99. The maximum atomic E-state index is 16.2. The molecule has 0 spiro atoms. The molecule has 25 heteroatoms. The molecule has 0 heterocycles. The minimum absolute atomic E-state index is 0.0273. The number of ether oxygens (including phenoxy) is 9. The van der Waals surface area contributed by atoms with Gasteiger partial charge in [-0.1, -0.05) is 132 Å². The molecule has 0 saturated carbocycles. The molecule has 628 valence electrons. The first-order valence-electron chi connectivity index (χ1n) is 40.0. The highest BCUT2D eigenvalue weighted by Gasteiger charge is 2.42. The average molecular weight is 1650 g/mol. The van der Waals surface area contributed by atoms with Gasteiger partial charge in [0.15, 0.2) is 23.2 Å². The van der Waals surface area contributed by atoms with Gasteiger partial charge in [-0.25, -0.2) is 22.8 Å². The summed E-state index contributed by atoms with van der Waals surface area (Å²) in [4.78, 5) is 48.6. The highest BCUT2D eigenvalue weighted by molar-refractivity contribution is 5.95. The quantitative estimate of drug-likeness (QED) is 0.00664. The summed E-state index contributed by atoms with van der Waals surface area (Å²) in [6.07, 6.45) is 9.82. The van der Waals surface area contributed by atoms with Crippen LogP contribution in [0.3, 0.4) is 0 Å². The number of hydrogen-bond acceptors (Lipinski definition) is 17. The Morgan fingerprint density at radius 3 is 1.22 bits per heavy atom. The molecule has 0 radical (unpaired) electrons. The van der Waals surface area contributed by atoms with E-state index < -0.39 is 99.5 Å². The number of nitrogens with zero attached hydrogens (tertiary/aromatic N) is 4. The van der Waals surface area contributed by atoms with Crippen molar-refractivity contribution >= 4 is 80.9 Å². The number of aryl methyl sites for hydroxylation is 2. The van der Waals surface area contributed by atoms with Crippen molar-refractivity contribution in [2.24, 2.45) is 20.4 Å². The third-order valence-corrected chi connectivity index (χ3v) is 19.2. The van der Waals surface area contributed by atoms with Crippen LogP contribution in [0.2, 0.25) is 0 Å². The molecule has 120 heavy (non-hydrogen) atoms. The minimum Gasteiger partial charge on any atom is -0.494 e. The van der Waals surface area contributed by atoms with Gasteiger partial charge in [-0.3, -0.25) is 9.59 Å². The van der Waals surface area contributed by atoms with Crippen LogP contribution in [0.15, 0.2) is 216 Å². The molecule has 0 unspecified atom stereocenters. The summed E-state index contributed by atoms with van der Waals surface area (Å²) in [6, 6.07) is 44.0. The van der Waals surface area contributed by atoms with Crippen LogP contribution >= 0.6 is 0 Å². The van der Waals surface area contributed by atoms with E-state index in [1.54, 1.807) is 36.4 Å². The van der Waals surface area contributed by atoms with Gasteiger partial charge in [-0.2, -0.15) is 42.4 Å². The van der Waals surface area contributed by atoms with Crippen molar-refractivity contribution in [2.75, 3.05) is 39.6 Å². The predicted octanol–water partition coefficient (Wildman–Crippen LogP) is 22.6. The zero-order chi connectivity index (χ0) is 85.2. The largest absolute Gasteiger partial charge is 0.494 e. The number of alkyl halides is 4. The summed E-state index contributed by atoms with van der Waals surface area (Å²) in [7, 11) is 0. The Morgan fingerprint density at radius 1 is 0.375 bits per heavy atom. The predicted molar refractivity (Wildman–Crippen MR) is 448 cm³/mol. The molecule has 0 aliphatic heterocycles. The van der Waals surface area contributed by atoms with Crippen molar-refractivity contribution in [3.63, 3.8) is 0 Å². The van der Waals surface area contributed by atoms with Gasteiger partial charge in [0.2, 0.25) is 5.82 Å². The van der Waals surface area contributed by atoms with Crippen LogP contribution in [0.25, 0.3) is 32.3 Å². The number of esters is 3. The molecule has 0 saturated heterocycles. The highest BCUT2D eigenvalue weighted by atomic mass is 19.3. The maximum absolute atomic E-state index is 16.2. The lowest BCUT2D eigenvalue weighted by Gasteiger charge is -2.21. The van der Waals surface area contributed by atoms with Crippen molar-refractivity contribution in [2.45, 2.75) is 148 Å². The summed E-state index contributed by atoms with van der Waals surface area (Å²) in [6.45, 7) is 13.1. The van der Waals surface area contributed by atoms with Gasteiger partial charge in [-0.15, -0.1) is 0 Å². The third kappa shape index (κ3) is 27.3. The molecular weight excluding hydrogens is 1560 g/mol. The van der Waals surface area contributed by atoms with Gasteiger partial charge in [0, 0.05) is 42.5 Å². The van der Waals surface area contributed by atoms with E-state index in [-0.39, 0.29) is 36.1 Å². The molecule has 0 fully saturated rings. The molecule has 0 aromatic heterocycles. The van der Waals surface area contributed by atoms with E-state index in [4.69, 9.17) is 42.6 Å². The van der Waals surface area contributed by atoms with E-state index in [0.29, 0.717) is 93.0 Å². The zero-order valence-corrected chi connectivity index (χ0v) is 66.8. The molecule has 0 atom stereocenters. The molecule has 0 aliphatic rings. The fourth-order valence-electron chi connectivity index (χ4n) is 12.7. The Labute approximate surface area is 691 Å². The maximum Gasteiger partial charge on any atom is 0.429 e. The van der Waals surface area contributed by atoms with Gasteiger partial charge in [-0.05, 0) is 228 Å². The van der Waals surface area contributed by atoms with Crippen molar-refractivity contribution in [1.29, 1.82) is 0 Å². The molecule has 10 aromatic rings. The molecule has 10 aromatic carbocycles. The highest BCUT2D eigenvalue weighted by Crippen LogP contribution is 2.40. The number of carbonyl (C=O) groups is 4. The summed E-state index contributed by atoms with van der Waals surface area (Å²) in [5, 5.41) is 21.6. The number of rotatable bonds is 49. The van der Waals surface area contributed by atoms with E-state index in [1.165, 1.54) is 48.8 Å².